The minimum absolute atomic E-state index is 0.175. The number of nitrogens with zero attached hydrogens (tertiary/aromatic N) is 1. The number of carbonyl (C=O) groups is 2. The topological polar surface area (TPSA) is 49.4 Å². The Labute approximate surface area is 161 Å². The van der Waals surface area contributed by atoms with Crippen molar-refractivity contribution in [1.29, 1.82) is 0 Å². The number of benzene rings is 2. The van der Waals surface area contributed by atoms with Crippen molar-refractivity contribution in [2.75, 3.05) is 20.1 Å². The van der Waals surface area contributed by atoms with Crippen LogP contribution in [0, 0.1) is 0 Å². The minimum Gasteiger partial charge on any atom is -0.355 e. The van der Waals surface area contributed by atoms with E-state index in [-0.39, 0.29) is 17.7 Å². The molecule has 0 radical (unpaired) electrons. The molecule has 1 saturated heterocycles. The van der Waals surface area contributed by atoms with Crippen molar-refractivity contribution in [1.82, 2.24) is 10.2 Å². The zero-order chi connectivity index (χ0) is 20.3. The highest BCUT2D eigenvalue weighted by Gasteiger charge is 2.36. The highest BCUT2D eigenvalue weighted by atomic mass is 19.4. The molecule has 0 bridgehead atoms. The molecule has 2 aromatic rings. The average molecular weight is 390 g/mol. The summed E-state index contributed by atoms with van der Waals surface area (Å²) in [7, 11) is 1.53. The first-order chi connectivity index (χ1) is 13.3. The van der Waals surface area contributed by atoms with Crippen molar-refractivity contribution < 1.29 is 22.8 Å². The molecule has 0 atom stereocenters. The van der Waals surface area contributed by atoms with Crippen molar-refractivity contribution >= 4 is 11.8 Å². The number of piperidine rings is 1. The second-order valence-electron chi connectivity index (χ2n) is 6.81. The van der Waals surface area contributed by atoms with E-state index >= 15 is 0 Å². The van der Waals surface area contributed by atoms with E-state index in [2.05, 4.69) is 5.32 Å². The molecule has 2 aromatic carbocycles. The molecule has 3 rings (SSSR count). The van der Waals surface area contributed by atoms with Gasteiger partial charge in [0, 0.05) is 31.3 Å². The van der Waals surface area contributed by atoms with Gasteiger partial charge in [-0.2, -0.15) is 13.2 Å². The van der Waals surface area contributed by atoms with E-state index in [4.69, 9.17) is 0 Å². The molecular formula is C21H21F3N2O2. The number of rotatable bonds is 3. The van der Waals surface area contributed by atoms with Gasteiger partial charge in [0.2, 0.25) is 0 Å². The monoisotopic (exact) mass is 390 g/mol. The number of carbonyl (C=O) groups excluding carboxylic acids is 2. The van der Waals surface area contributed by atoms with Crippen molar-refractivity contribution in [2.45, 2.75) is 24.9 Å². The Balaban J connectivity index is 1.67. The van der Waals surface area contributed by atoms with Gasteiger partial charge in [-0.15, -0.1) is 0 Å². The molecule has 1 fully saturated rings. The zero-order valence-corrected chi connectivity index (χ0v) is 15.4. The normalized spacial score (nSPS) is 15.4. The number of nitrogens with one attached hydrogen (secondary N) is 1. The van der Waals surface area contributed by atoms with Gasteiger partial charge in [0.15, 0.2) is 0 Å². The Kier molecular flexibility index (Phi) is 5.72. The molecule has 0 aromatic heterocycles. The summed E-state index contributed by atoms with van der Waals surface area (Å²) in [6.45, 7) is 0.791. The summed E-state index contributed by atoms with van der Waals surface area (Å²) in [5.74, 6) is -0.633. The largest absolute Gasteiger partial charge is 0.416 e. The Hall–Kier alpha value is -2.83. The summed E-state index contributed by atoms with van der Waals surface area (Å²) in [5, 5.41) is 2.51. The molecule has 0 saturated carbocycles. The highest BCUT2D eigenvalue weighted by Crippen LogP contribution is 2.38. The molecule has 1 heterocycles. The first-order valence-corrected chi connectivity index (χ1v) is 9.09. The lowest BCUT2D eigenvalue weighted by Gasteiger charge is -2.33. The Morgan fingerprint density at radius 1 is 0.964 bits per heavy atom. The van der Waals surface area contributed by atoms with E-state index in [1.165, 1.54) is 19.2 Å². The first-order valence-electron chi connectivity index (χ1n) is 9.09. The summed E-state index contributed by atoms with van der Waals surface area (Å²) in [6.07, 6.45) is -3.42. The van der Waals surface area contributed by atoms with Gasteiger partial charge < -0.3 is 10.2 Å². The van der Waals surface area contributed by atoms with Gasteiger partial charge in [0.05, 0.1) is 5.56 Å². The zero-order valence-electron chi connectivity index (χ0n) is 15.4. The minimum atomic E-state index is -4.38. The van der Waals surface area contributed by atoms with Crippen molar-refractivity contribution in [3.8, 4) is 0 Å². The lowest BCUT2D eigenvalue weighted by atomic mass is 9.86. The molecule has 2 amide bonds. The predicted molar refractivity (Wildman–Crippen MR) is 99.2 cm³/mol. The maximum Gasteiger partial charge on any atom is 0.416 e. The number of amides is 2. The van der Waals surface area contributed by atoms with Gasteiger partial charge in [0.25, 0.3) is 11.8 Å². The molecule has 0 spiro atoms. The van der Waals surface area contributed by atoms with Crippen LogP contribution in [0.5, 0.6) is 0 Å². The summed E-state index contributed by atoms with van der Waals surface area (Å²) in [5.41, 5.74) is 0.630. The van der Waals surface area contributed by atoms with Crippen LogP contribution in [0.15, 0.2) is 48.5 Å². The number of hydrogen-bond donors (Lipinski definition) is 1. The van der Waals surface area contributed by atoms with Crippen molar-refractivity contribution in [2.24, 2.45) is 0 Å². The number of alkyl halides is 3. The summed E-state index contributed by atoms with van der Waals surface area (Å²) >= 11 is 0. The van der Waals surface area contributed by atoms with Crippen LogP contribution in [0.25, 0.3) is 0 Å². The molecule has 7 heteroatoms. The summed E-state index contributed by atoms with van der Waals surface area (Å²) in [6, 6.07) is 12.0. The molecule has 148 valence electrons. The second-order valence-corrected chi connectivity index (χ2v) is 6.81. The quantitative estimate of drug-likeness (QED) is 0.858. The third-order valence-electron chi connectivity index (χ3n) is 5.11. The van der Waals surface area contributed by atoms with E-state index in [1.807, 2.05) is 0 Å². The SMILES string of the molecule is CNC(=O)c1ccc(C(=O)N2CCC(c3ccccc3C(F)(F)F)CC2)cc1. The maximum absolute atomic E-state index is 13.3. The molecule has 0 unspecified atom stereocenters. The molecule has 1 aliphatic rings. The van der Waals surface area contributed by atoms with E-state index < -0.39 is 11.7 Å². The number of likely N-dealkylation sites (tertiary alicyclic amines) is 1. The van der Waals surface area contributed by atoms with Crippen molar-refractivity contribution in [3.05, 3.63) is 70.8 Å². The number of hydrogen-bond acceptors (Lipinski definition) is 2. The van der Waals surface area contributed by atoms with Crippen LogP contribution in [0.1, 0.15) is 50.6 Å². The average Bonchev–Trinajstić information content (AvgIpc) is 2.72. The van der Waals surface area contributed by atoms with Crippen LogP contribution in [0.2, 0.25) is 0 Å². The smallest absolute Gasteiger partial charge is 0.355 e. The predicted octanol–water partition coefficient (Wildman–Crippen LogP) is 4.08. The first kappa shape index (κ1) is 19.9. The Bertz CT molecular complexity index is 855. The Morgan fingerprint density at radius 3 is 2.11 bits per heavy atom. The molecular weight excluding hydrogens is 369 g/mol. The van der Waals surface area contributed by atoms with Gasteiger partial charge in [-0.05, 0) is 54.7 Å². The van der Waals surface area contributed by atoms with Gasteiger partial charge >= 0.3 is 6.18 Å². The standard InChI is InChI=1S/C21H21F3N2O2/c1-25-19(27)15-6-8-16(9-7-15)20(28)26-12-10-14(11-13-26)17-4-2-3-5-18(17)21(22,23)24/h2-9,14H,10-13H2,1H3,(H,25,27). The lowest BCUT2D eigenvalue weighted by molar-refractivity contribution is -0.138. The maximum atomic E-state index is 13.3. The van der Waals surface area contributed by atoms with E-state index in [0.29, 0.717) is 42.6 Å². The third-order valence-corrected chi connectivity index (χ3v) is 5.11. The number of halogens is 3. The van der Waals surface area contributed by atoms with E-state index in [0.717, 1.165) is 6.07 Å². The van der Waals surface area contributed by atoms with Crippen LogP contribution in [-0.4, -0.2) is 36.9 Å². The summed E-state index contributed by atoms with van der Waals surface area (Å²) in [4.78, 5) is 25.9. The molecule has 4 nitrogen and oxygen atoms in total. The van der Waals surface area contributed by atoms with Crippen LogP contribution >= 0.6 is 0 Å². The van der Waals surface area contributed by atoms with E-state index in [1.54, 1.807) is 35.2 Å². The lowest BCUT2D eigenvalue weighted by Crippen LogP contribution is -2.38. The van der Waals surface area contributed by atoms with E-state index in [9.17, 15) is 22.8 Å². The fraction of sp³-hybridized carbons (Fsp3) is 0.333. The molecule has 1 aliphatic heterocycles. The second kappa shape index (κ2) is 8.04. The van der Waals surface area contributed by atoms with Gasteiger partial charge in [-0.3, -0.25) is 9.59 Å². The van der Waals surface area contributed by atoms with Gasteiger partial charge in [0.1, 0.15) is 0 Å². The molecule has 0 aliphatic carbocycles. The fourth-order valence-electron chi connectivity index (χ4n) is 3.60. The highest BCUT2D eigenvalue weighted by molar-refractivity contribution is 5.97. The Morgan fingerprint density at radius 2 is 1.54 bits per heavy atom. The third kappa shape index (κ3) is 4.18. The fourth-order valence-corrected chi connectivity index (χ4v) is 3.60. The van der Waals surface area contributed by atoms with Gasteiger partial charge in [-0.1, -0.05) is 18.2 Å². The van der Waals surface area contributed by atoms with Crippen LogP contribution in [0.3, 0.4) is 0 Å². The van der Waals surface area contributed by atoms with Crippen LogP contribution in [-0.2, 0) is 6.18 Å². The van der Waals surface area contributed by atoms with Crippen LogP contribution < -0.4 is 5.32 Å². The van der Waals surface area contributed by atoms with Crippen molar-refractivity contribution in [3.63, 3.8) is 0 Å². The van der Waals surface area contributed by atoms with Gasteiger partial charge in [-0.25, -0.2) is 0 Å². The van der Waals surface area contributed by atoms with Crippen LogP contribution in [0.4, 0.5) is 13.2 Å². The molecule has 28 heavy (non-hydrogen) atoms. The molecule has 1 N–H and O–H groups in total. The summed E-state index contributed by atoms with van der Waals surface area (Å²) < 4.78 is 39.8.